The number of fused-ring (bicyclic) bond motifs is 1. The van der Waals surface area contributed by atoms with Crippen LogP contribution in [0.1, 0.15) is 74.6 Å². The molecule has 168 valence electrons. The van der Waals surface area contributed by atoms with Gasteiger partial charge in [0.15, 0.2) is 5.69 Å². The second-order valence-electron chi connectivity index (χ2n) is 9.73. The molecular formula is C22H32N6O3. The summed E-state index contributed by atoms with van der Waals surface area (Å²) in [5, 5.41) is 25.0. The molecule has 3 atom stereocenters. The maximum absolute atomic E-state index is 13.0. The monoisotopic (exact) mass is 428 g/mol. The highest BCUT2D eigenvalue weighted by Crippen LogP contribution is 2.24. The first kappa shape index (κ1) is 22.8. The van der Waals surface area contributed by atoms with Crippen LogP contribution in [-0.4, -0.2) is 46.5 Å². The summed E-state index contributed by atoms with van der Waals surface area (Å²) in [7, 11) is 0. The van der Waals surface area contributed by atoms with E-state index >= 15 is 0 Å². The Balaban J connectivity index is 1.69. The first-order chi connectivity index (χ1) is 14.7. The molecule has 2 heterocycles. The van der Waals surface area contributed by atoms with E-state index in [9.17, 15) is 19.6 Å². The average Bonchev–Trinajstić information content (AvgIpc) is 3.32. The third kappa shape index (κ3) is 5.84. The van der Waals surface area contributed by atoms with Crippen LogP contribution in [0.3, 0.4) is 0 Å². The molecule has 1 saturated heterocycles. The molecule has 9 nitrogen and oxygen atoms in total. The van der Waals surface area contributed by atoms with Gasteiger partial charge in [-0.2, -0.15) is 10.4 Å². The number of nitriles is 1. The molecule has 0 saturated carbocycles. The number of aromatic nitrogens is 2. The molecule has 1 fully saturated rings. The lowest BCUT2D eigenvalue weighted by Crippen LogP contribution is -2.51. The van der Waals surface area contributed by atoms with Crippen LogP contribution in [0.25, 0.3) is 0 Å². The number of rotatable bonds is 7. The van der Waals surface area contributed by atoms with Crippen LogP contribution >= 0.6 is 0 Å². The zero-order valence-corrected chi connectivity index (χ0v) is 18.5. The van der Waals surface area contributed by atoms with Crippen molar-refractivity contribution in [2.75, 3.05) is 6.54 Å². The lowest BCUT2D eigenvalue weighted by molar-refractivity contribution is -0.125. The number of amides is 3. The largest absolute Gasteiger partial charge is 0.356 e. The van der Waals surface area contributed by atoms with Gasteiger partial charge in [0.25, 0.3) is 5.91 Å². The Labute approximate surface area is 182 Å². The topological polar surface area (TPSA) is 140 Å². The van der Waals surface area contributed by atoms with E-state index in [4.69, 9.17) is 0 Å². The Morgan fingerprint density at radius 1 is 1.26 bits per heavy atom. The van der Waals surface area contributed by atoms with Gasteiger partial charge in [-0.05, 0) is 50.4 Å². The van der Waals surface area contributed by atoms with Gasteiger partial charge in [-0.3, -0.25) is 19.5 Å². The molecule has 31 heavy (non-hydrogen) atoms. The fourth-order valence-electron chi connectivity index (χ4n) is 4.29. The van der Waals surface area contributed by atoms with Crippen LogP contribution in [0.5, 0.6) is 0 Å². The Kier molecular flexibility index (Phi) is 6.98. The predicted molar refractivity (Wildman–Crippen MR) is 114 cm³/mol. The van der Waals surface area contributed by atoms with E-state index in [1.54, 1.807) is 0 Å². The SMILES string of the molecule is CC(C)(C)C[C@H](NC(=O)c1n[nH]c2c1CCCC2)C(=O)N[C@H](C#N)C[C@@H]1CCNC1=O. The predicted octanol–water partition coefficient (Wildman–Crippen LogP) is 1.36. The average molecular weight is 429 g/mol. The van der Waals surface area contributed by atoms with Crippen LogP contribution in [0.4, 0.5) is 0 Å². The maximum atomic E-state index is 13.0. The molecule has 0 unspecified atom stereocenters. The smallest absolute Gasteiger partial charge is 0.272 e. The molecule has 3 rings (SSSR count). The highest BCUT2D eigenvalue weighted by atomic mass is 16.2. The minimum Gasteiger partial charge on any atom is -0.356 e. The minimum atomic E-state index is -0.809. The molecule has 9 heteroatoms. The number of aromatic amines is 1. The van der Waals surface area contributed by atoms with Gasteiger partial charge < -0.3 is 16.0 Å². The highest BCUT2D eigenvalue weighted by Gasteiger charge is 2.32. The summed E-state index contributed by atoms with van der Waals surface area (Å²) in [6, 6.07) is 0.477. The standard InChI is InChI=1S/C22H32N6O3/c1-22(2,3)11-17(20(30)25-14(12-23)10-13-8-9-24-19(13)29)26-21(31)18-15-6-4-5-7-16(15)27-28-18/h13-14,17H,4-11H2,1-3H3,(H,24,29)(H,25,30)(H,26,31)(H,27,28)/t13-,14-,17-/m0/s1. The van der Waals surface area contributed by atoms with Gasteiger partial charge in [-0.1, -0.05) is 20.8 Å². The normalized spacial score (nSPS) is 20.2. The number of carbonyl (C=O) groups is 3. The van der Waals surface area contributed by atoms with Crippen LogP contribution in [0, 0.1) is 22.7 Å². The van der Waals surface area contributed by atoms with Gasteiger partial charge in [0.2, 0.25) is 11.8 Å². The van der Waals surface area contributed by atoms with Crippen molar-refractivity contribution in [3.05, 3.63) is 17.0 Å². The summed E-state index contributed by atoms with van der Waals surface area (Å²) >= 11 is 0. The van der Waals surface area contributed by atoms with E-state index in [0.29, 0.717) is 25.1 Å². The van der Waals surface area contributed by atoms with Gasteiger partial charge in [0.1, 0.15) is 12.1 Å². The summed E-state index contributed by atoms with van der Waals surface area (Å²) in [5.41, 5.74) is 2.04. The number of aryl methyl sites for hydroxylation is 1. The summed E-state index contributed by atoms with van der Waals surface area (Å²) in [4.78, 5) is 37.8. The van der Waals surface area contributed by atoms with Crippen LogP contribution in [-0.2, 0) is 22.4 Å². The Morgan fingerprint density at radius 3 is 2.65 bits per heavy atom. The molecule has 0 spiro atoms. The van der Waals surface area contributed by atoms with Crippen LogP contribution in [0.2, 0.25) is 0 Å². The summed E-state index contributed by atoms with van der Waals surface area (Å²) in [6.45, 7) is 6.55. The number of hydrogen-bond acceptors (Lipinski definition) is 5. The number of nitrogens with one attached hydrogen (secondary N) is 4. The Bertz CT molecular complexity index is 879. The molecule has 3 amide bonds. The Morgan fingerprint density at radius 2 is 2.00 bits per heavy atom. The van der Waals surface area contributed by atoms with Crippen molar-refractivity contribution < 1.29 is 14.4 Å². The first-order valence-corrected chi connectivity index (χ1v) is 11.0. The van der Waals surface area contributed by atoms with E-state index in [1.807, 2.05) is 20.8 Å². The summed E-state index contributed by atoms with van der Waals surface area (Å²) in [5.74, 6) is -1.17. The van der Waals surface area contributed by atoms with Crippen molar-refractivity contribution in [3.8, 4) is 6.07 Å². The highest BCUT2D eigenvalue weighted by molar-refractivity contribution is 5.97. The van der Waals surface area contributed by atoms with Gasteiger partial charge in [-0.15, -0.1) is 0 Å². The second kappa shape index (κ2) is 9.50. The lowest BCUT2D eigenvalue weighted by atomic mass is 9.87. The zero-order valence-electron chi connectivity index (χ0n) is 18.5. The van der Waals surface area contributed by atoms with E-state index in [-0.39, 0.29) is 29.6 Å². The van der Waals surface area contributed by atoms with Gasteiger partial charge in [0, 0.05) is 23.7 Å². The van der Waals surface area contributed by atoms with E-state index < -0.39 is 18.0 Å². The fraction of sp³-hybridized carbons (Fsp3) is 0.682. The third-order valence-electron chi connectivity index (χ3n) is 5.87. The molecule has 0 radical (unpaired) electrons. The van der Waals surface area contributed by atoms with Crippen molar-refractivity contribution in [3.63, 3.8) is 0 Å². The molecule has 2 aliphatic rings. The van der Waals surface area contributed by atoms with Crippen molar-refractivity contribution in [2.45, 2.75) is 77.8 Å². The first-order valence-electron chi connectivity index (χ1n) is 11.0. The maximum Gasteiger partial charge on any atom is 0.272 e. The number of carbonyl (C=O) groups excluding carboxylic acids is 3. The van der Waals surface area contributed by atoms with Crippen molar-refractivity contribution in [2.24, 2.45) is 11.3 Å². The van der Waals surface area contributed by atoms with E-state index in [0.717, 1.165) is 36.9 Å². The molecule has 1 aromatic heterocycles. The number of nitrogens with zero attached hydrogens (tertiary/aromatic N) is 2. The second-order valence-corrected chi connectivity index (χ2v) is 9.73. The molecule has 0 aromatic carbocycles. The summed E-state index contributed by atoms with van der Waals surface area (Å²) in [6.07, 6.45) is 5.07. The Hall–Kier alpha value is -2.89. The third-order valence-corrected chi connectivity index (χ3v) is 5.87. The molecule has 1 aliphatic heterocycles. The van der Waals surface area contributed by atoms with Gasteiger partial charge >= 0.3 is 0 Å². The van der Waals surface area contributed by atoms with Crippen LogP contribution in [0.15, 0.2) is 0 Å². The summed E-state index contributed by atoms with van der Waals surface area (Å²) < 4.78 is 0. The molecular weight excluding hydrogens is 396 g/mol. The molecule has 1 aliphatic carbocycles. The zero-order chi connectivity index (χ0) is 22.6. The van der Waals surface area contributed by atoms with Crippen LogP contribution < -0.4 is 16.0 Å². The van der Waals surface area contributed by atoms with Gasteiger partial charge in [0.05, 0.1) is 6.07 Å². The lowest BCUT2D eigenvalue weighted by Gasteiger charge is -2.27. The van der Waals surface area contributed by atoms with Gasteiger partial charge in [-0.25, -0.2) is 0 Å². The minimum absolute atomic E-state index is 0.0858. The molecule has 4 N–H and O–H groups in total. The van der Waals surface area contributed by atoms with E-state index in [2.05, 4.69) is 32.2 Å². The molecule has 0 bridgehead atoms. The van der Waals surface area contributed by atoms with Crippen molar-refractivity contribution in [1.82, 2.24) is 26.1 Å². The van der Waals surface area contributed by atoms with Crippen molar-refractivity contribution >= 4 is 17.7 Å². The van der Waals surface area contributed by atoms with Crippen molar-refractivity contribution in [1.29, 1.82) is 5.26 Å². The number of H-pyrrole nitrogens is 1. The quantitative estimate of drug-likeness (QED) is 0.519. The molecule has 1 aromatic rings. The fourth-order valence-corrected chi connectivity index (χ4v) is 4.29. The number of hydrogen-bond donors (Lipinski definition) is 4. The van der Waals surface area contributed by atoms with E-state index in [1.165, 1.54) is 0 Å².